The molecule has 3 aliphatic rings. The molecular formula is C21H29ClN2O3S. The van der Waals surface area contributed by atoms with Crippen molar-refractivity contribution in [2.45, 2.75) is 49.8 Å². The number of carbonyl (C=O) groups excluding carboxylic acids is 1. The molecule has 2 aliphatic heterocycles. The third kappa shape index (κ3) is 4.10. The van der Waals surface area contributed by atoms with Gasteiger partial charge in [-0.3, -0.25) is 4.79 Å². The van der Waals surface area contributed by atoms with E-state index < -0.39 is 10.0 Å². The van der Waals surface area contributed by atoms with Crippen LogP contribution >= 0.6 is 11.6 Å². The number of amides is 1. The van der Waals surface area contributed by atoms with Crippen LogP contribution in [0.5, 0.6) is 0 Å². The number of halogens is 1. The van der Waals surface area contributed by atoms with Crippen molar-refractivity contribution in [1.29, 1.82) is 0 Å². The van der Waals surface area contributed by atoms with Crippen LogP contribution < -0.4 is 0 Å². The normalized spacial score (nSPS) is 27.4. The van der Waals surface area contributed by atoms with Crippen molar-refractivity contribution < 1.29 is 13.2 Å². The minimum atomic E-state index is -3.52. The van der Waals surface area contributed by atoms with Crippen molar-refractivity contribution in [1.82, 2.24) is 9.21 Å². The van der Waals surface area contributed by atoms with Gasteiger partial charge in [0.25, 0.3) is 0 Å². The maximum Gasteiger partial charge on any atom is 0.243 e. The van der Waals surface area contributed by atoms with Crippen molar-refractivity contribution in [3.05, 3.63) is 29.3 Å². The molecule has 2 atom stereocenters. The highest BCUT2D eigenvalue weighted by Crippen LogP contribution is 2.37. The fraction of sp³-hybridized carbons (Fsp3) is 0.667. The van der Waals surface area contributed by atoms with E-state index in [0.29, 0.717) is 36.9 Å². The van der Waals surface area contributed by atoms with Gasteiger partial charge < -0.3 is 4.90 Å². The maximum absolute atomic E-state index is 13.0. The van der Waals surface area contributed by atoms with E-state index in [0.717, 1.165) is 25.4 Å². The van der Waals surface area contributed by atoms with Gasteiger partial charge in [0.05, 0.1) is 4.90 Å². The first-order valence-corrected chi connectivity index (χ1v) is 12.3. The Morgan fingerprint density at radius 1 is 0.893 bits per heavy atom. The smallest absolute Gasteiger partial charge is 0.243 e. The van der Waals surface area contributed by atoms with Gasteiger partial charge in [0.1, 0.15) is 0 Å². The monoisotopic (exact) mass is 424 g/mol. The molecule has 1 aromatic carbocycles. The number of rotatable bonds is 3. The first kappa shape index (κ1) is 20.2. The molecule has 1 aromatic rings. The van der Waals surface area contributed by atoms with Gasteiger partial charge in [-0.15, -0.1) is 0 Å². The van der Waals surface area contributed by atoms with E-state index in [2.05, 4.69) is 4.90 Å². The zero-order valence-electron chi connectivity index (χ0n) is 16.2. The van der Waals surface area contributed by atoms with Crippen molar-refractivity contribution >= 4 is 27.5 Å². The molecule has 154 valence electrons. The number of hydrogen-bond donors (Lipinski definition) is 0. The zero-order chi connectivity index (χ0) is 19.7. The van der Waals surface area contributed by atoms with Crippen LogP contribution in [0.2, 0.25) is 5.02 Å². The number of hydrogen-bond acceptors (Lipinski definition) is 3. The average molecular weight is 425 g/mol. The van der Waals surface area contributed by atoms with Gasteiger partial charge >= 0.3 is 0 Å². The Morgan fingerprint density at radius 3 is 2.21 bits per heavy atom. The fourth-order valence-corrected chi connectivity index (χ4v) is 6.75. The zero-order valence-corrected chi connectivity index (χ0v) is 17.8. The molecule has 2 heterocycles. The summed E-state index contributed by atoms with van der Waals surface area (Å²) in [4.78, 5) is 15.4. The SMILES string of the molecule is O=C(C1CCN(S(=O)(=O)c2ccc(Cl)cc2)CC1)N1CC[C@H]2CCCC[C@H]2C1. The summed E-state index contributed by atoms with van der Waals surface area (Å²) in [5.41, 5.74) is 0. The lowest BCUT2D eigenvalue weighted by molar-refractivity contribution is -0.139. The Hall–Kier alpha value is -1.11. The van der Waals surface area contributed by atoms with Gasteiger partial charge in [0.15, 0.2) is 0 Å². The third-order valence-corrected chi connectivity index (χ3v) is 9.02. The fourth-order valence-electron chi connectivity index (χ4n) is 5.16. The highest BCUT2D eigenvalue weighted by Gasteiger charge is 2.37. The summed E-state index contributed by atoms with van der Waals surface area (Å²) in [6.07, 6.45) is 7.58. The van der Waals surface area contributed by atoms with E-state index in [1.807, 2.05) is 0 Å². The number of nitrogens with zero attached hydrogens (tertiary/aromatic N) is 2. The molecule has 0 aromatic heterocycles. The molecular weight excluding hydrogens is 396 g/mol. The Balaban J connectivity index is 1.34. The lowest BCUT2D eigenvalue weighted by Gasteiger charge is -2.43. The quantitative estimate of drug-likeness (QED) is 0.741. The highest BCUT2D eigenvalue weighted by molar-refractivity contribution is 7.89. The number of sulfonamides is 1. The van der Waals surface area contributed by atoms with E-state index in [1.165, 1.54) is 30.0 Å². The van der Waals surface area contributed by atoms with Crippen LogP contribution in [0.25, 0.3) is 0 Å². The van der Waals surface area contributed by atoms with Crippen LogP contribution in [-0.2, 0) is 14.8 Å². The number of carbonyl (C=O) groups is 1. The molecule has 0 radical (unpaired) electrons. The van der Waals surface area contributed by atoms with Gasteiger partial charge in [-0.2, -0.15) is 4.31 Å². The molecule has 3 fully saturated rings. The summed E-state index contributed by atoms with van der Waals surface area (Å²) < 4.78 is 27.2. The summed E-state index contributed by atoms with van der Waals surface area (Å²) in [5.74, 6) is 1.69. The van der Waals surface area contributed by atoms with E-state index in [1.54, 1.807) is 24.3 Å². The standard InChI is InChI=1S/C21H29ClN2O3S/c22-19-5-7-20(8-6-19)28(26,27)24-13-10-17(11-14-24)21(25)23-12-9-16-3-1-2-4-18(16)15-23/h5-8,16-18H,1-4,9-15H2/t16-,18+/m1/s1. The third-order valence-electron chi connectivity index (χ3n) is 6.86. The summed E-state index contributed by atoms with van der Waals surface area (Å²) in [6.45, 7) is 2.60. The Kier molecular flexibility index (Phi) is 6.00. The van der Waals surface area contributed by atoms with Crippen LogP contribution in [0.15, 0.2) is 29.2 Å². The molecule has 1 saturated carbocycles. The van der Waals surface area contributed by atoms with E-state index in [9.17, 15) is 13.2 Å². The number of fused-ring (bicyclic) bond motifs is 1. The minimum Gasteiger partial charge on any atom is -0.342 e. The lowest BCUT2D eigenvalue weighted by atomic mass is 9.75. The van der Waals surface area contributed by atoms with Crippen molar-refractivity contribution in [3.8, 4) is 0 Å². The predicted molar refractivity (Wildman–Crippen MR) is 110 cm³/mol. The molecule has 1 amide bonds. The van der Waals surface area contributed by atoms with Crippen LogP contribution in [0, 0.1) is 17.8 Å². The molecule has 2 saturated heterocycles. The first-order chi connectivity index (χ1) is 13.4. The molecule has 0 unspecified atom stereocenters. The van der Waals surface area contributed by atoms with E-state index in [4.69, 9.17) is 11.6 Å². The van der Waals surface area contributed by atoms with Crippen LogP contribution in [0.1, 0.15) is 44.9 Å². The van der Waals surface area contributed by atoms with Crippen LogP contribution in [0.3, 0.4) is 0 Å². The second kappa shape index (κ2) is 8.33. The Labute approximate surface area is 173 Å². The first-order valence-electron chi connectivity index (χ1n) is 10.5. The van der Waals surface area contributed by atoms with Gasteiger partial charge in [-0.25, -0.2) is 8.42 Å². The Bertz CT molecular complexity index is 803. The largest absolute Gasteiger partial charge is 0.342 e. The molecule has 1 aliphatic carbocycles. The highest BCUT2D eigenvalue weighted by atomic mass is 35.5. The summed E-state index contributed by atoms with van der Waals surface area (Å²) in [6, 6.07) is 6.28. The number of piperidine rings is 2. The lowest BCUT2D eigenvalue weighted by Crippen LogP contribution is -2.49. The van der Waals surface area contributed by atoms with E-state index >= 15 is 0 Å². The number of likely N-dealkylation sites (tertiary alicyclic amines) is 1. The van der Waals surface area contributed by atoms with Gasteiger partial charge in [0, 0.05) is 37.1 Å². The van der Waals surface area contributed by atoms with Gasteiger partial charge in [0.2, 0.25) is 15.9 Å². The van der Waals surface area contributed by atoms with Gasteiger partial charge in [-0.1, -0.05) is 30.9 Å². The molecule has 4 rings (SSSR count). The summed E-state index contributed by atoms with van der Waals surface area (Å²) >= 11 is 5.87. The van der Waals surface area contributed by atoms with Crippen LogP contribution in [-0.4, -0.2) is 49.7 Å². The maximum atomic E-state index is 13.0. The molecule has 0 bridgehead atoms. The van der Waals surface area contributed by atoms with Crippen LogP contribution in [0.4, 0.5) is 0 Å². The molecule has 0 spiro atoms. The van der Waals surface area contributed by atoms with Gasteiger partial charge in [-0.05, 0) is 61.8 Å². The van der Waals surface area contributed by atoms with E-state index in [-0.39, 0.29) is 16.7 Å². The van der Waals surface area contributed by atoms with Crippen molar-refractivity contribution in [2.75, 3.05) is 26.2 Å². The second-order valence-corrected chi connectivity index (χ2v) is 10.9. The minimum absolute atomic E-state index is 0.0446. The van der Waals surface area contributed by atoms with Crippen molar-refractivity contribution in [3.63, 3.8) is 0 Å². The molecule has 5 nitrogen and oxygen atoms in total. The predicted octanol–water partition coefficient (Wildman–Crippen LogP) is 3.78. The second-order valence-electron chi connectivity index (χ2n) is 8.51. The molecule has 7 heteroatoms. The average Bonchev–Trinajstić information content (AvgIpc) is 2.73. The molecule has 28 heavy (non-hydrogen) atoms. The topological polar surface area (TPSA) is 57.7 Å². The summed E-state index contributed by atoms with van der Waals surface area (Å²) in [7, 11) is -3.52. The Morgan fingerprint density at radius 2 is 1.54 bits per heavy atom. The summed E-state index contributed by atoms with van der Waals surface area (Å²) in [5, 5.41) is 0.519. The number of benzene rings is 1. The van der Waals surface area contributed by atoms with Crippen molar-refractivity contribution in [2.24, 2.45) is 17.8 Å². The molecule has 0 N–H and O–H groups in total.